The average molecular weight is 347 g/mol. The van der Waals surface area contributed by atoms with Crippen LogP contribution in [-0.4, -0.2) is 45.4 Å². The number of carbonyl (C=O) groups excluding carboxylic acids is 1. The van der Waals surface area contributed by atoms with Crippen molar-refractivity contribution >= 4 is 23.2 Å². The van der Waals surface area contributed by atoms with Gasteiger partial charge < -0.3 is 9.80 Å². The van der Waals surface area contributed by atoms with E-state index in [0.717, 1.165) is 36.8 Å². The maximum Gasteiger partial charge on any atom is 0.225 e. The summed E-state index contributed by atoms with van der Waals surface area (Å²) < 4.78 is 13.0. The van der Waals surface area contributed by atoms with E-state index in [1.54, 1.807) is 11.3 Å². The topological polar surface area (TPSA) is 62.2 Å². The number of halogens is 1. The summed E-state index contributed by atoms with van der Waals surface area (Å²) >= 11 is 1.61. The highest BCUT2D eigenvalue weighted by molar-refractivity contribution is 7.09. The minimum Gasteiger partial charge on any atom is -0.340 e. The lowest BCUT2D eigenvalue weighted by atomic mass is 9.86. The molecule has 0 aliphatic carbocycles. The largest absolute Gasteiger partial charge is 0.340 e. The first-order valence-electron chi connectivity index (χ1n) is 7.94. The lowest BCUT2D eigenvalue weighted by Gasteiger charge is -2.23. The Morgan fingerprint density at radius 3 is 2.83 bits per heavy atom. The number of aromatic nitrogens is 3. The lowest BCUT2D eigenvalue weighted by Crippen LogP contribution is -2.31. The Morgan fingerprint density at radius 1 is 1.33 bits per heavy atom. The third kappa shape index (κ3) is 2.86. The molecule has 1 spiro atoms. The third-order valence-corrected chi connectivity index (χ3v) is 5.57. The first kappa shape index (κ1) is 15.4. The molecule has 0 N–H and O–H groups in total. The van der Waals surface area contributed by atoms with Crippen LogP contribution in [0, 0.1) is 18.2 Å². The summed E-state index contributed by atoms with van der Waals surface area (Å²) in [4.78, 5) is 29.0. The van der Waals surface area contributed by atoms with Gasteiger partial charge in [0.2, 0.25) is 11.9 Å². The predicted molar refractivity (Wildman–Crippen MR) is 88.1 cm³/mol. The number of nitrogens with zero attached hydrogens (tertiary/aromatic N) is 5. The summed E-state index contributed by atoms with van der Waals surface area (Å²) in [5.41, 5.74) is 0.902. The number of thiazole rings is 1. The molecule has 8 heteroatoms. The highest BCUT2D eigenvalue weighted by atomic mass is 32.1. The molecule has 2 aromatic heterocycles. The number of anilines is 1. The second-order valence-corrected chi connectivity index (χ2v) is 7.72. The van der Waals surface area contributed by atoms with E-state index in [2.05, 4.69) is 15.0 Å². The van der Waals surface area contributed by atoms with Crippen LogP contribution in [0.5, 0.6) is 0 Å². The SMILES string of the molecule is Cc1nc(CN2C[C@@]3(CCN(c4ncc(F)cn4)C3)CC2=O)cs1. The van der Waals surface area contributed by atoms with Gasteiger partial charge in [0.25, 0.3) is 0 Å². The van der Waals surface area contributed by atoms with Gasteiger partial charge in [-0.05, 0) is 13.3 Å². The fraction of sp³-hybridized carbons (Fsp3) is 0.500. The van der Waals surface area contributed by atoms with Crippen LogP contribution in [0.1, 0.15) is 23.5 Å². The zero-order valence-electron chi connectivity index (χ0n) is 13.4. The highest BCUT2D eigenvalue weighted by Gasteiger charge is 2.47. The molecule has 2 aliphatic rings. The van der Waals surface area contributed by atoms with Gasteiger partial charge in [-0.15, -0.1) is 11.3 Å². The van der Waals surface area contributed by atoms with Gasteiger partial charge in [0, 0.05) is 36.9 Å². The second kappa shape index (κ2) is 5.77. The molecule has 2 fully saturated rings. The van der Waals surface area contributed by atoms with Gasteiger partial charge >= 0.3 is 0 Å². The number of amides is 1. The number of rotatable bonds is 3. The summed E-state index contributed by atoms with van der Waals surface area (Å²) in [6.07, 6.45) is 3.84. The van der Waals surface area contributed by atoms with Crippen LogP contribution in [0.4, 0.5) is 10.3 Å². The van der Waals surface area contributed by atoms with Crippen LogP contribution < -0.4 is 4.90 Å². The molecule has 6 nitrogen and oxygen atoms in total. The normalized spacial score (nSPS) is 23.7. The molecular weight excluding hydrogens is 329 g/mol. The summed E-state index contributed by atoms with van der Waals surface area (Å²) in [5.74, 6) is 0.283. The maximum atomic E-state index is 13.0. The molecule has 1 atom stereocenters. The minimum absolute atomic E-state index is 0.0557. The minimum atomic E-state index is -0.437. The molecule has 24 heavy (non-hydrogen) atoms. The van der Waals surface area contributed by atoms with E-state index in [1.165, 1.54) is 12.4 Å². The number of likely N-dealkylation sites (tertiary alicyclic amines) is 1. The van der Waals surface area contributed by atoms with Crippen molar-refractivity contribution in [2.24, 2.45) is 5.41 Å². The molecule has 0 aromatic carbocycles. The standard InChI is InChI=1S/C16H18FN5OS/c1-11-20-13(8-24-11)7-22-10-16(4-14(22)23)2-3-21(9-16)15-18-5-12(17)6-19-15/h5-6,8H,2-4,7,9-10H2,1H3/t16-/m0/s1. The van der Waals surface area contributed by atoms with Crippen molar-refractivity contribution in [1.29, 1.82) is 0 Å². The van der Waals surface area contributed by atoms with Gasteiger partial charge in [-0.25, -0.2) is 19.3 Å². The third-order valence-electron chi connectivity index (χ3n) is 4.75. The van der Waals surface area contributed by atoms with E-state index in [1.807, 2.05) is 22.1 Å². The monoisotopic (exact) mass is 347 g/mol. The van der Waals surface area contributed by atoms with Gasteiger partial charge in [-0.2, -0.15) is 0 Å². The molecule has 4 rings (SSSR count). The van der Waals surface area contributed by atoms with E-state index < -0.39 is 5.82 Å². The van der Waals surface area contributed by atoms with Crippen molar-refractivity contribution < 1.29 is 9.18 Å². The Labute approximate surface area is 143 Å². The van der Waals surface area contributed by atoms with E-state index in [0.29, 0.717) is 18.9 Å². The number of hydrogen-bond acceptors (Lipinski definition) is 6. The zero-order valence-corrected chi connectivity index (χ0v) is 14.2. The van der Waals surface area contributed by atoms with Crippen LogP contribution in [0.15, 0.2) is 17.8 Å². The maximum absolute atomic E-state index is 13.0. The lowest BCUT2D eigenvalue weighted by molar-refractivity contribution is -0.128. The number of carbonyl (C=O) groups is 1. The zero-order chi connectivity index (χ0) is 16.7. The van der Waals surface area contributed by atoms with Crippen LogP contribution in [-0.2, 0) is 11.3 Å². The molecule has 126 valence electrons. The van der Waals surface area contributed by atoms with Gasteiger partial charge in [-0.1, -0.05) is 0 Å². The van der Waals surface area contributed by atoms with Crippen molar-refractivity contribution in [3.8, 4) is 0 Å². The van der Waals surface area contributed by atoms with Crippen LogP contribution in [0.2, 0.25) is 0 Å². The van der Waals surface area contributed by atoms with Crippen molar-refractivity contribution in [2.75, 3.05) is 24.5 Å². The van der Waals surface area contributed by atoms with Crippen LogP contribution in [0.25, 0.3) is 0 Å². The van der Waals surface area contributed by atoms with E-state index >= 15 is 0 Å². The smallest absolute Gasteiger partial charge is 0.225 e. The quantitative estimate of drug-likeness (QED) is 0.850. The van der Waals surface area contributed by atoms with Gasteiger partial charge in [0.15, 0.2) is 5.82 Å². The Hall–Kier alpha value is -2.09. The van der Waals surface area contributed by atoms with Gasteiger partial charge in [0.1, 0.15) is 0 Å². The Morgan fingerprint density at radius 2 is 2.12 bits per heavy atom. The van der Waals surface area contributed by atoms with Crippen molar-refractivity contribution in [3.63, 3.8) is 0 Å². The van der Waals surface area contributed by atoms with Gasteiger partial charge in [-0.3, -0.25) is 4.79 Å². The fourth-order valence-electron chi connectivity index (χ4n) is 3.65. The Balaban J connectivity index is 1.45. The molecule has 2 saturated heterocycles. The molecule has 2 aromatic rings. The number of aryl methyl sites for hydroxylation is 1. The van der Waals surface area contributed by atoms with Crippen molar-refractivity contribution in [3.05, 3.63) is 34.3 Å². The Bertz CT molecular complexity index is 764. The number of hydrogen-bond donors (Lipinski definition) is 0. The van der Waals surface area contributed by atoms with Crippen LogP contribution in [0.3, 0.4) is 0 Å². The van der Waals surface area contributed by atoms with Gasteiger partial charge in [0.05, 0.1) is 29.6 Å². The molecule has 4 heterocycles. The highest BCUT2D eigenvalue weighted by Crippen LogP contribution is 2.41. The van der Waals surface area contributed by atoms with E-state index in [-0.39, 0.29) is 11.3 Å². The predicted octanol–water partition coefficient (Wildman–Crippen LogP) is 2.01. The molecule has 1 amide bonds. The van der Waals surface area contributed by atoms with E-state index in [9.17, 15) is 9.18 Å². The molecular formula is C16H18FN5OS. The first-order valence-corrected chi connectivity index (χ1v) is 8.82. The first-order chi connectivity index (χ1) is 11.5. The molecule has 0 radical (unpaired) electrons. The van der Waals surface area contributed by atoms with E-state index in [4.69, 9.17) is 0 Å². The Kier molecular flexibility index (Phi) is 3.71. The summed E-state index contributed by atoms with van der Waals surface area (Å²) in [7, 11) is 0. The molecule has 0 bridgehead atoms. The average Bonchev–Trinajstić information content (AvgIpc) is 3.22. The van der Waals surface area contributed by atoms with Crippen LogP contribution >= 0.6 is 11.3 Å². The van der Waals surface area contributed by atoms with Crippen molar-refractivity contribution in [1.82, 2.24) is 19.9 Å². The second-order valence-electron chi connectivity index (χ2n) is 6.66. The summed E-state index contributed by atoms with van der Waals surface area (Å²) in [6, 6.07) is 0. The van der Waals surface area contributed by atoms with Crippen molar-refractivity contribution in [2.45, 2.75) is 26.3 Å². The fourth-order valence-corrected chi connectivity index (χ4v) is 4.25. The molecule has 0 unspecified atom stereocenters. The molecule has 0 saturated carbocycles. The molecule has 2 aliphatic heterocycles. The summed E-state index contributed by atoms with van der Waals surface area (Å²) in [6.45, 7) is 4.82. The summed E-state index contributed by atoms with van der Waals surface area (Å²) in [5, 5.41) is 3.04.